The molecule has 0 unspecified atom stereocenters. The van der Waals surface area contributed by atoms with Crippen LogP contribution in [0, 0.1) is 0 Å². The average Bonchev–Trinajstić information content (AvgIpc) is 2.62. The molecule has 0 fully saturated rings. The van der Waals surface area contributed by atoms with Gasteiger partial charge in [-0.2, -0.15) is 0 Å². The van der Waals surface area contributed by atoms with E-state index in [1.54, 1.807) is 4.90 Å². The minimum atomic E-state index is 0.277. The molecule has 0 atom stereocenters. The summed E-state index contributed by atoms with van der Waals surface area (Å²) in [5.74, 6) is 0. The maximum Gasteiger partial charge on any atom is 0.0488 e. The summed E-state index contributed by atoms with van der Waals surface area (Å²) < 4.78 is 3.87. The first-order valence-electron chi connectivity index (χ1n) is 3.60. The standard InChI is InChI=1S/C9H5IS2/c1-2-4-7-6(3-1)9-8(11-7)5-10-12-9/h1-5H. The first kappa shape index (κ1) is 7.53. The monoisotopic (exact) mass is 304 g/mol. The Morgan fingerprint density at radius 1 is 1.17 bits per heavy atom. The van der Waals surface area contributed by atoms with Crippen molar-refractivity contribution in [2.75, 3.05) is 0 Å². The smallest absolute Gasteiger partial charge is 0.0488 e. The second-order valence-electron chi connectivity index (χ2n) is 2.57. The molecule has 1 aromatic carbocycles. The lowest BCUT2D eigenvalue weighted by Crippen LogP contribution is -1.65. The third kappa shape index (κ3) is 0.995. The SMILES string of the molecule is C1=ISc2c1sc1ccccc21. The van der Waals surface area contributed by atoms with Crippen molar-refractivity contribution in [2.45, 2.75) is 4.90 Å². The van der Waals surface area contributed by atoms with Gasteiger partial charge in [0.2, 0.25) is 0 Å². The number of hydrogen-bond donors (Lipinski definition) is 0. The highest BCUT2D eigenvalue weighted by atomic mass is 127. The molecular formula is C9H5IS2. The minimum Gasteiger partial charge on any atom is -0.134 e. The molecule has 0 amide bonds. The van der Waals surface area contributed by atoms with Crippen molar-refractivity contribution in [1.29, 1.82) is 0 Å². The summed E-state index contributed by atoms with van der Waals surface area (Å²) in [4.78, 5) is 3.07. The van der Waals surface area contributed by atoms with Crippen molar-refractivity contribution in [3.8, 4) is 0 Å². The number of thiophene rings is 1. The minimum absolute atomic E-state index is 0.277. The van der Waals surface area contributed by atoms with Crippen LogP contribution in [0.5, 0.6) is 0 Å². The quantitative estimate of drug-likeness (QED) is 0.662. The van der Waals surface area contributed by atoms with Gasteiger partial charge in [-0.15, -0.1) is 11.3 Å². The number of rotatable bonds is 0. The largest absolute Gasteiger partial charge is 0.134 e. The van der Waals surface area contributed by atoms with Crippen LogP contribution in [0.25, 0.3) is 10.1 Å². The van der Waals surface area contributed by atoms with E-state index in [1.807, 2.05) is 11.3 Å². The molecular weight excluding hydrogens is 299 g/mol. The van der Waals surface area contributed by atoms with Gasteiger partial charge in [-0.05, 0) is 29.4 Å². The molecule has 0 bridgehead atoms. The van der Waals surface area contributed by atoms with Crippen LogP contribution in [-0.2, 0) is 0 Å². The normalized spacial score (nSPS) is 14.7. The Morgan fingerprint density at radius 2 is 2.08 bits per heavy atom. The fraction of sp³-hybridized carbons (Fsp3) is 0. The van der Waals surface area contributed by atoms with E-state index >= 15 is 0 Å². The molecule has 0 saturated heterocycles. The van der Waals surface area contributed by atoms with Crippen LogP contribution < -0.4 is 0 Å². The molecule has 3 rings (SSSR count). The number of hydrogen-bond acceptors (Lipinski definition) is 2. The average molecular weight is 304 g/mol. The van der Waals surface area contributed by atoms with Gasteiger partial charge in [-0.25, -0.2) is 0 Å². The van der Waals surface area contributed by atoms with E-state index in [9.17, 15) is 0 Å². The Kier molecular flexibility index (Phi) is 1.77. The molecule has 0 saturated carbocycles. The van der Waals surface area contributed by atoms with Crippen molar-refractivity contribution >= 4 is 53.7 Å². The highest BCUT2D eigenvalue weighted by Crippen LogP contribution is 2.47. The fourth-order valence-electron chi connectivity index (χ4n) is 1.30. The molecule has 0 nitrogen and oxygen atoms in total. The highest BCUT2D eigenvalue weighted by molar-refractivity contribution is 14.2. The Labute approximate surface area is 87.2 Å². The zero-order valence-corrected chi connectivity index (χ0v) is 9.87. The Bertz CT molecular complexity index is 470. The Morgan fingerprint density at radius 3 is 3.08 bits per heavy atom. The van der Waals surface area contributed by atoms with Crippen LogP contribution in [0.15, 0.2) is 29.2 Å². The molecule has 0 radical (unpaired) electrons. The molecule has 0 spiro atoms. The van der Waals surface area contributed by atoms with Crippen molar-refractivity contribution in [3.63, 3.8) is 0 Å². The fourth-order valence-corrected chi connectivity index (χ4v) is 8.48. The van der Waals surface area contributed by atoms with E-state index in [-0.39, 0.29) is 19.3 Å². The Balaban J connectivity index is 2.49. The second kappa shape index (κ2) is 2.82. The van der Waals surface area contributed by atoms with E-state index in [0.29, 0.717) is 0 Å². The summed E-state index contributed by atoms with van der Waals surface area (Å²) in [5.41, 5.74) is 0. The van der Waals surface area contributed by atoms with Crippen molar-refractivity contribution in [3.05, 3.63) is 29.1 Å². The van der Waals surface area contributed by atoms with Gasteiger partial charge in [0.15, 0.2) is 0 Å². The van der Waals surface area contributed by atoms with Gasteiger partial charge in [-0.3, -0.25) is 0 Å². The van der Waals surface area contributed by atoms with Gasteiger partial charge >= 0.3 is 0 Å². The third-order valence-corrected chi connectivity index (χ3v) is 7.75. The van der Waals surface area contributed by atoms with Gasteiger partial charge < -0.3 is 0 Å². The van der Waals surface area contributed by atoms with Crippen LogP contribution in [0.2, 0.25) is 0 Å². The number of fused-ring (bicyclic) bond motifs is 3. The summed E-state index contributed by atoms with van der Waals surface area (Å²) in [6.45, 7) is 0. The van der Waals surface area contributed by atoms with Crippen molar-refractivity contribution < 1.29 is 0 Å². The third-order valence-electron chi connectivity index (χ3n) is 1.84. The summed E-state index contributed by atoms with van der Waals surface area (Å²) in [6, 6.07) is 8.70. The van der Waals surface area contributed by atoms with Gasteiger partial charge in [-0.1, -0.05) is 27.1 Å². The highest BCUT2D eigenvalue weighted by Gasteiger charge is 2.13. The first-order valence-corrected chi connectivity index (χ1v) is 9.02. The van der Waals surface area contributed by atoms with E-state index in [1.165, 1.54) is 15.0 Å². The van der Waals surface area contributed by atoms with E-state index < -0.39 is 0 Å². The summed E-state index contributed by atoms with van der Waals surface area (Å²) in [5, 5.41) is 1.47. The van der Waals surface area contributed by atoms with E-state index in [0.717, 1.165) is 0 Å². The molecule has 1 aliphatic heterocycles. The maximum absolute atomic E-state index is 2.43. The van der Waals surface area contributed by atoms with Crippen molar-refractivity contribution in [2.24, 2.45) is 0 Å². The van der Waals surface area contributed by atoms with Gasteiger partial charge in [0.1, 0.15) is 0 Å². The van der Waals surface area contributed by atoms with Crippen molar-refractivity contribution in [1.82, 2.24) is 0 Å². The lowest BCUT2D eigenvalue weighted by atomic mass is 10.2. The topological polar surface area (TPSA) is 0 Å². The second-order valence-corrected chi connectivity index (χ2v) is 7.86. The van der Waals surface area contributed by atoms with Gasteiger partial charge in [0.25, 0.3) is 0 Å². The summed E-state index contributed by atoms with van der Waals surface area (Å²) in [6.07, 6.45) is 0. The molecule has 2 aromatic rings. The molecule has 0 N–H and O–H groups in total. The molecule has 1 aromatic heterocycles. The lowest BCUT2D eigenvalue weighted by molar-refractivity contribution is 1.66. The lowest BCUT2D eigenvalue weighted by Gasteiger charge is -1.89. The van der Waals surface area contributed by atoms with Crippen LogP contribution in [0.4, 0.5) is 0 Å². The maximum atomic E-state index is 2.43. The summed E-state index contributed by atoms with van der Waals surface area (Å²) in [7, 11) is 2.07. The first-order chi connectivity index (χ1) is 5.95. The van der Waals surface area contributed by atoms with Crippen LogP contribution in [0.3, 0.4) is 0 Å². The zero-order valence-electron chi connectivity index (χ0n) is 6.08. The zero-order chi connectivity index (χ0) is 7.97. The molecule has 12 heavy (non-hydrogen) atoms. The summed E-state index contributed by atoms with van der Waals surface area (Å²) >= 11 is 2.21. The number of halogens is 1. The molecule has 2 heterocycles. The van der Waals surface area contributed by atoms with Gasteiger partial charge in [0.05, 0.1) is 0 Å². The molecule has 0 aliphatic carbocycles. The Hall–Kier alpha value is 0.130. The molecule has 1 aliphatic rings. The molecule has 60 valence electrons. The van der Waals surface area contributed by atoms with E-state index in [4.69, 9.17) is 0 Å². The number of benzene rings is 1. The van der Waals surface area contributed by atoms with Crippen LogP contribution in [0.1, 0.15) is 4.88 Å². The predicted molar refractivity (Wildman–Crippen MR) is 66.9 cm³/mol. The van der Waals surface area contributed by atoms with E-state index in [2.05, 4.69) is 37.2 Å². The van der Waals surface area contributed by atoms with Gasteiger partial charge in [0, 0.05) is 19.9 Å². The van der Waals surface area contributed by atoms with Crippen LogP contribution >= 0.6 is 39.6 Å². The van der Waals surface area contributed by atoms with Crippen LogP contribution in [-0.4, -0.2) is 4.01 Å². The predicted octanol–water partition coefficient (Wildman–Crippen LogP) is 4.04. The molecule has 3 heteroatoms.